The third-order valence-electron chi connectivity index (χ3n) is 2.71. The summed E-state index contributed by atoms with van der Waals surface area (Å²) >= 11 is 1.15. The molecule has 19 heavy (non-hydrogen) atoms. The van der Waals surface area contributed by atoms with Crippen LogP contribution in [0.3, 0.4) is 0 Å². The number of aryl methyl sites for hydroxylation is 1. The Balaban J connectivity index is 1.94. The van der Waals surface area contributed by atoms with Gasteiger partial charge in [0.2, 0.25) is 0 Å². The number of furan rings is 1. The standard InChI is InChI=1S/C13H17N3O2S/c1-3-5-11-12(19-16-15-11)13(17)14-9(2)8-10-6-4-7-18-10/h4,6-7,9H,3,5,8H2,1-2H3,(H,14,17)/t9-/m0/s1. The molecule has 102 valence electrons. The molecule has 0 radical (unpaired) electrons. The van der Waals surface area contributed by atoms with E-state index in [1.807, 2.05) is 19.1 Å². The zero-order valence-corrected chi connectivity index (χ0v) is 11.9. The Morgan fingerprint density at radius 1 is 1.58 bits per heavy atom. The van der Waals surface area contributed by atoms with Gasteiger partial charge in [-0.05, 0) is 37.0 Å². The van der Waals surface area contributed by atoms with Crippen LogP contribution >= 0.6 is 11.5 Å². The average molecular weight is 279 g/mol. The number of amides is 1. The maximum Gasteiger partial charge on any atom is 0.265 e. The van der Waals surface area contributed by atoms with Gasteiger partial charge in [-0.2, -0.15) is 0 Å². The SMILES string of the molecule is CCCc1nnsc1C(=O)N[C@@H](C)Cc1ccco1. The van der Waals surface area contributed by atoms with Gasteiger partial charge in [-0.3, -0.25) is 4.79 Å². The Kier molecular flexibility index (Phi) is 4.68. The Hall–Kier alpha value is -1.69. The molecule has 0 saturated carbocycles. The third kappa shape index (κ3) is 3.64. The lowest BCUT2D eigenvalue weighted by Gasteiger charge is -2.11. The number of hydrogen-bond acceptors (Lipinski definition) is 5. The van der Waals surface area contributed by atoms with Gasteiger partial charge in [-0.15, -0.1) is 5.10 Å². The van der Waals surface area contributed by atoms with E-state index in [9.17, 15) is 4.79 Å². The summed E-state index contributed by atoms with van der Waals surface area (Å²) in [6.45, 7) is 4.01. The number of nitrogens with one attached hydrogen (secondary N) is 1. The van der Waals surface area contributed by atoms with Crippen LogP contribution < -0.4 is 5.32 Å². The first kappa shape index (κ1) is 13.7. The summed E-state index contributed by atoms with van der Waals surface area (Å²) in [4.78, 5) is 12.7. The van der Waals surface area contributed by atoms with Gasteiger partial charge in [0, 0.05) is 12.5 Å². The molecule has 0 aromatic carbocycles. The Labute approximate surface area is 116 Å². The highest BCUT2D eigenvalue weighted by molar-refractivity contribution is 7.08. The van der Waals surface area contributed by atoms with E-state index < -0.39 is 0 Å². The molecular formula is C13H17N3O2S. The predicted octanol–water partition coefficient (Wildman–Crippen LogP) is 2.44. The van der Waals surface area contributed by atoms with Crippen LogP contribution in [-0.4, -0.2) is 21.5 Å². The van der Waals surface area contributed by atoms with E-state index in [4.69, 9.17) is 4.42 Å². The monoisotopic (exact) mass is 279 g/mol. The van der Waals surface area contributed by atoms with Gasteiger partial charge in [0.25, 0.3) is 5.91 Å². The lowest BCUT2D eigenvalue weighted by Crippen LogP contribution is -2.34. The van der Waals surface area contributed by atoms with Crippen molar-refractivity contribution in [2.45, 2.75) is 39.2 Å². The number of hydrogen-bond donors (Lipinski definition) is 1. The molecule has 2 rings (SSSR count). The van der Waals surface area contributed by atoms with E-state index in [1.54, 1.807) is 6.26 Å². The molecule has 2 aromatic heterocycles. The van der Waals surface area contributed by atoms with Crippen molar-refractivity contribution in [2.75, 3.05) is 0 Å². The maximum absolute atomic E-state index is 12.1. The smallest absolute Gasteiger partial charge is 0.265 e. The molecule has 0 saturated heterocycles. The van der Waals surface area contributed by atoms with Crippen LogP contribution in [0.1, 0.15) is 41.4 Å². The molecule has 0 spiro atoms. The summed E-state index contributed by atoms with van der Waals surface area (Å²) in [6.07, 6.45) is 4.05. The zero-order valence-electron chi connectivity index (χ0n) is 11.0. The topological polar surface area (TPSA) is 68.0 Å². The van der Waals surface area contributed by atoms with Crippen molar-refractivity contribution < 1.29 is 9.21 Å². The first-order valence-corrected chi connectivity index (χ1v) is 7.12. The third-order valence-corrected chi connectivity index (χ3v) is 3.48. The van der Waals surface area contributed by atoms with Crippen molar-refractivity contribution in [1.29, 1.82) is 0 Å². The molecule has 1 N–H and O–H groups in total. The second-order valence-corrected chi connectivity index (χ2v) is 5.21. The van der Waals surface area contributed by atoms with Crippen LogP contribution in [0.15, 0.2) is 22.8 Å². The van der Waals surface area contributed by atoms with Crippen molar-refractivity contribution >= 4 is 17.4 Å². The summed E-state index contributed by atoms with van der Waals surface area (Å²) < 4.78 is 9.12. The van der Waals surface area contributed by atoms with E-state index in [-0.39, 0.29) is 11.9 Å². The highest BCUT2D eigenvalue weighted by atomic mass is 32.1. The molecule has 1 atom stereocenters. The average Bonchev–Trinajstić information content (AvgIpc) is 3.00. The van der Waals surface area contributed by atoms with Gasteiger partial charge in [-0.25, -0.2) is 0 Å². The lowest BCUT2D eigenvalue weighted by molar-refractivity contribution is 0.0942. The summed E-state index contributed by atoms with van der Waals surface area (Å²) in [6, 6.07) is 3.76. The van der Waals surface area contributed by atoms with E-state index in [0.29, 0.717) is 11.3 Å². The van der Waals surface area contributed by atoms with Crippen molar-refractivity contribution in [3.8, 4) is 0 Å². The minimum Gasteiger partial charge on any atom is -0.469 e. The molecule has 0 aliphatic rings. The highest BCUT2D eigenvalue weighted by Crippen LogP contribution is 2.13. The van der Waals surface area contributed by atoms with Gasteiger partial charge in [-0.1, -0.05) is 17.8 Å². The van der Waals surface area contributed by atoms with Crippen LogP contribution in [0.4, 0.5) is 0 Å². The van der Waals surface area contributed by atoms with Crippen molar-refractivity contribution in [3.05, 3.63) is 34.7 Å². The van der Waals surface area contributed by atoms with Crippen molar-refractivity contribution in [2.24, 2.45) is 0 Å². The number of rotatable bonds is 6. The molecule has 0 fully saturated rings. The second-order valence-electron chi connectivity index (χ2n) is 4.46. The molecule has 0 aliphatic heterocycles. The summed E-state index contributed by atoms with van der Waals surface area (Å²) in [5.41, 5.74) is 0.787. The molecule has 2 aromatic rings. The molecule has 0 aliphatic carbocycles. The molecule has 5 nitrogen and oxygen atoms in total. The number of carbonyl (C=O) groups is 1. The minimum atomic E-state index is -0.0995. The summed E-state index contributed by atoms with van der Waals surface area (Å²) in [5.74, 6) is 0.765. The van der Waals surface area contributed by atoms with Crippen LogP contribution in [0.5, 0.6) is 0 Å². The summed E-state index contributed by atoms with van der Waals surface area (Å²) in [7, 11) is 0. The van der Waals surface area contributed by atoms with E-state index in [2.05, 4.69) is 21.8 Å². The van der Waals surface area contributed by atoms with Gasteiger partial charge in [0.1, 0.15) is 10.6 Å². The van der Waals surface area contributed by atoms with Gasteiger partial charge >= 0.3 is 0 Å². The minimum absolute atomic E-state index is 0.00947. The highest BCUT2D eigenvalue weighted by Gasteiger charge is 2.17. The zero-order chi connectivity index (χ0) is 13.7. The molecule has 0 unspecified atom stereocenters. The van der Waals surface area contributed by atoms with E-state index in [0.717, 1.165) is 35.8 Å². The number of carbonyl (C=O) groups excluding carboxylic acids is 1. The Bertz CT molecular complexity index is 522. The number of nitrogens with zero attached hydrogens (tertiary/aromatic N) is 2. The first-order chi connectivity index (χ1) is 9.20. The lowest BCUT2D eigenvalue weighted by atomic mass is 10.2. The molecule has 0 bridgehead atoms. The predicted molar refractivity (Wildman–Crippen MR) is 73.2 cm³/mol. The molecule has 2 heterocycles. The van der Waals surface area contributed by atoms with Crippen LogP contribution in [-0.2, 0) is 12.8 Å². The quantitative estimate of drug-likeness (QED) is 0.882. The molecule has 1 amide bonds. The van der Waals surface area contributed by atoms with Gasteiger partial charge in [0.05, 0.1) is 12.0 Å². The molecular weight excluding hydrogens is 262 g/mol. The fourth-order valence-corrected chi connectivity index (χ4v) is 2.46. The fourth-order valence-electron chi connectivity index (χ4n) is 1.85. The molecule has 6 heteroatoms. The van der Waals surface area contributed by atoms with Gasteiger partial charge in [0.15, 0.2) is 0 Å². The normalized spacial score (nSPS) is 12.3. The maximum atomic E-state index is 12.1. The van der Waals surface area contributed by atoms with E-state index >= 15 is 0 Å². The fraction of sp³-hybridized carbons (Fsp3) is 0.462. The van der Waals surface area contributed by atoms with Crippen molar-refractivity contribution in [3.63, 3.8) is 0 Å². The first-order valence-electron chi connectivity index (χ1n) is 6.35. The van der Waals surface area contributed by atoms with Crippen LogP contribution in [0.25, 0.3) is 0 Å². The van der Waals surface area contributed by atoms with Crippen molar-refractivity contribution in [1.82, 2.24) is 14.9 Å². The van der Waals surface area contributed by atoms with Crippen LogP contribution in [0.2, 0.25) is 0 Å². The Morgan fingerprint density at radius 3 is 3.11 bits per heavy atom. The number of aromatic nitrogens is 2. The Morgan fingerprint density at radius 2 is 2.42 bits per heavy atom. The van der Waals surface area contributed by atoms with Crippen LogP contribution in [0, 0.1) is 0 Å². The summed E-state index contributed by atoms with van der Waals surface area (Å²) in [5, 5.41) is 6.95. The largest absolute Gasteiger partial charge is 0.469 e. The van der Waals surface area contributed by atoms with E-state index in [1.165, 1.54) is 0 Å². The second kappa shape index (κ2) is 6.47. The van der Waals surface area contributed by atoms with Gasteiger partial charge < -0.3 is 9.73 Å².